The molecule has 188 valence electrons. The first-order chi connectivity index (χ1) is 17.1. The van der Waals surface area contributed by atoms with Crippen LogP contribution in [0.2, 0.25) is 0 Å². The summed E-state index contributed by atoms with van der Waals surface area (Å²) in [5, 5.41) is 15.5. The molecular formula is C28H37N3O4. The number of aliphatic hydroxyl groups is 1. The van der Waals surface area contributed by atoms with Crippen LogP contribution < -0.4 is 9.47 Å². The zero-order valence-electron chi connectivity index (χ0n) is 21.0. The lowest BCUT2D eigenvalue weighted by atomic mass is 10.1. The van der Waals surface area contributed by atoms with E-state index in [0.29, 0.717) is 44.0 Å². The standard InChI is InChI=1S/C28H37N3O4/c1-4-5-16-34-20-23(32)18-31(22-14-15-22)19-26-27(21-10-7-6-8-11-21)29-30(2)28(26)35-25-13-9-12-24(17-25)33-3/h6-13,17,22-23,32H,4-5,14-16,18-20H2,1-3H3. The normalized spacial score (nSPS) is 14.3. The number of aliphatic hydroxyl groups excluding tert-OH is 1. The van der Waals surface area contributed by atoms with E-state index < -0.39 is 6.10 Å². The lowest BCUT2D eigenvalue weighted by molar-refractivity contribution is 0.0127. The van der Waals surface area contributed by atoms with Crippen molar-refractivity contribution in [2.45, 2.75) is 51.3 Å². The molecule has 0 saturated heterocycles. The zero-order chi connectivity index (χ0) is 24.6. The highest BCUT2D eigenvalue weighted by atomic mass is 16.5. The van der Waals surface area contributed by atoms with Crippen LogP contribution in [0.3, 0.4) is 0 Å². The van der Waals surface area contributed by atoms with Crippen molar-refractivity contribution < 1.29 is 19.3 Å². The summed E-state index contributed by atoms with van der Waals surface area (Å²) in [4.78, 5) is 2.34. The molecule has 1 unspecified atom stereocenters. The van der Waals surface area contributed by atoms with Crippen LogP contribution in [-0.2, 0) is 18.3 Å². The number of hydrogen-bond acceptors (Lipinski definition) is 6. The van der Waals surface area contributed by atoms with Gasteiger partial charge in [0.1, 0.15) is 17.2 Å². The molecule has 0 amide bonds. The van der Waals surface area contributed by atoms with Gasteiger partial charge in [-0.15, -0.1) is 0 Å². The Balaban J connectivity index is 1.60. The number of rotatable bonds is 14. The summed E-state index contributed by atoms with van der Waals surface area (Å²) < 4.78 is 19.2. The third kappa shape index (κ3) is 6.84. The number of hydrogen-bond donors (Lipinski definition) is 1. The minimum absolute atomic E-state index is 0.356. The zero-order valence-corrected chi connectivity index (χ0v) is 21.0. The van der Waals surface area contributed by atoms with Crippen LogP contribution in [-0.4, -0.2) is 58.8 Å². The van der Waals surface area contributed by atoms with Crippen molar-refractivity contribution in [1.82, 2.24) is 14.7 Å². The summed E-state index contributed by atoms with van der Waals surface area (Å²) in [6, 6.07) is 18.2. The molecule has 35 heavy (non-hydrogen) atoms. The number of benzene rings is 2. The molecule has 1 fully saturated rings. The molecule has 0 bridgehead atoms. The number of ether oxygens (including phenoxy) is 3. The highest BCUT2D eigenvalue weighted by Crippen LogP contribution is 2.37. The summed E-state index contributed by atoms with van der Waals surface area (Å²) >= 11 is 0. The van der Waals surface area contributed by atoms with Gasteiger partial charge in [0.2, 0.25) is 5.88 Å². The first-order valence-corrected chi connectivity index (χ1v) is 12.5. The third-order valence-corrected chi connectivity index (χ3v) is 6.21. The van der Waals surface area contributed by atoms with Gasteiger partial charge < -0.3 is 19.3 Å². The van der Waals surface area contributed by atoms with Crippen LogP contribution in [0.1, 0.15) is 38.2 Å². The smallest absolute Gasteiger partial charge is 0.222 e. The van der Waals surface area contributed by atoms with E-state index in [0.717, 1.165) is 48.3 Å². The minimum Gasteiger partial charge on any atom is -0.497 e. The molecule has 1 aromatic heterocycles. The average Bonchev–Trinajstić information content (AvgIpc) is 3.68. The molecule has 2 aromatic carbocycles. The summed E-state index contributed by atoms with van der Waals surface area (Å²) in [5.41, 5.74) is 2.94. The van der Waals surface area contributed by atoms with Crippen molar-refractivity contribution in [3.05, 3.63) is 60.2 Å². The van der Waals surface area contributed by atoms with E-state index in [1.807, 2.05) is 49.5 Å². The summed E-state index contributed by atoms with van der Waals surface area (Å²) in [6.45, 7) is 4.37. The monoisotopic (exact) mass is 479 g/mol. The lowest BCUT2D eigenvalue weighted by Gasteiger charge is -2.25. The Hall–Kier alpha value is -2.87. The number of aromatic nitrogens is 2. The molecule has 7 nitrogen and oxygen atoms in total. The van der Waals surface area contributed by atoms with Gasteiger partial charge in [0.05, 0.1) is 25.4 Å². The molecule has 7 heteroatoms. The SMILES string of the molecule is CCCCOCC(O)CN(Cc1c(-c2ccccc2)nn(C)c1Oc1cccc(OC)c1)C1CC1. The predicted octanol–water partition coefficient (Wildman–Crippen LogP) is 5.03. The molecule has 1 N–H and O–H groups in total. The Morgan fingerprint density at radius 1 is 1.11 bits per heavy atom. The quantitative estimate of drug-likeness (QED) is 0.327. The summed E-state index contributed by atoms with van der Waals surface area (Å²) in [5.74, 6) is 2.12. The van der Waals surface area contributed by atoms with E-state index in [2.05, 4.69) is 24.0 Å². The molecule has 1 saturated carbocycles. The van der Waals surface area contributed by atoms with Gasteiger partial charge in [0.25, 0.3) is 0 Å². The number of methoxy groups -OCH3 is 1. The third-order valence-electron chi connectivity index (χ3n) is 6.21. The first kappa shape index (κ1) is 25.2. The molecule has 0 spiro atoms. The largest absolute Gasteiger partial charge is 0.497 e. The van der Waals surface area contributed by atoms with E-state index >= 15 is 0 Å². The predicted molar refractivity (Wildman–Crippen MR) is 137 cm³/mol. The van der Waals surface area contributed by atoms with Gasteiger partial charge in [-0.05, 0) is 31.4 Å². The minimum atomic E-state index is -0.535. The fourth-order valence-electron chi connectivity index (χ4n) is 4.20. The molecule has 1 aliphatic carbocycles. The maximum atomic E-state index is 10.7. The van der Waals surface area contributed by atoms with E-state index in [-0.39, 0.29) is 0 Å². The van der Waals surface area contributed by atoms with Crippen LogP contribution >= 0.6 is 0 Å². The Kier molecular flexibility index (Phi) is 8.79. The van der Waals surface area contributed by atoms with Crippen molar-refractivity contribution in [2.24, 2.45) is 7.05 Å². The van der Waals surface area contributed by atoms with Crippen molar-refractivity contribution in [2.75, 3.05) is 26.9 Å². The molecule has 1 atom stereocenters. The van der Waals surface area contributed by atoms with Crippen molar-refractivity contribution in [3.8, 4) is 28.6 Å². The van der Waals surface area contributed by atoms with E-state index in [4.69, 9.17) is 19.3 Å². The fourth-order valence-corrected chi connectivity index (χ4v) is 4.20. The van der Waals surface area contributed by atoms with Gasteiger partial charge in [0, 0.05) is 44.4 Å². The Morgan fingerprint density at radius 2 is 1.89 bits per heavy atom. The second-order valence-corrected chi connectivity index (χ2v) is 9.15. The van der Waals surface area contributed by atoms with Crippen LogP contribution in [0.4, 0.5) is 0 Å². The molecule has 0 aliphatic heterocycles. The van der Waals surface area contributed by atoms with Crippen LogP contribution in [0.15, 0.2) is 54.6 Å². The van der Waals surface area contributed by atoms with Crippen LogP contribution in [0.5, 0.6) is 17.4 Å². The lowest BCUT2D eigenvalue weighted by Crippen LogP contribution is -2.36. The second kappa shape index (κ2) is 12.2. The van der Waals surface area contributed by atoms with Gasteiger partial charge in [-0.25, -0.2) is 4.68 Å². The maximum Gasteiger partial charge on any atom is 0.222 e. The topological polar surface area (TPSA) is 69.0 Å². The van der Waals surface area contributed by atoms with Crippen molar-refractivity contribution in [3.63, 3.8) is 0 Å². The highest BCUT2D eigenvalue weighted by molar-refractivity contribution is 5.65. The number of nitrogens with zero attached hydrogens (tertiary/aromatic N) is 3. The fraction of sp³-hybridized carbons (Fsp3) is 0.464. The Morgan fingerprint density at radius 3 is 2.60 bits per heavy atom. The molecule has 3 aromatic rings. The molecule has 1 heterocycles. The molecule has 1 aliphatic rings. The van der Waals surface area contributed by atoms with Crippen molar-refractivity contribution in [1.29, 1.82) is 0 Å². The first-order valence-electron chi connectivity index (χ1n) is 12.5. The van der Waals surface area contributed by atoms with Gasteiger partial charge in [0.15, 0.2) is 0 Å². The summed E-state index contributed by atoms with van der Waals surface area (Å²) in [6.07, 6.45) is 3.84. The van der Waals surface area contributed by atoms with Crippen molar-refractivity contribution >= 4 is 0 Å². The maximum absolute atomic E-state index is 10.7. The van der Waals surface area contributed by atoms with Gasteiger partial charge in [-0.3, -0.25) is 4.90 Å². The summed E-state index contributed by atoms with van der Waals surface area (Å²) in [7, 11) is 3.55. The number of aryl methyl sites for hydroxylation is 1. The molecule has 0 radical (unpaired) electrons. The molecular weight excluding hydrogens is 442 g/mol. The van der Waals surface area contributed by atoms with E-state index in [1.165, 1.54) is 0 Å². The van der Waals surface area contributed by atoms with E-state index in [1.54, 1.807) is 11.8 Å². The Bertz CT molecular complexity index is 1070. The van der Waals surface area contributed by atoms with Crippen LogP contribution in [0.25, 0.3) is 11.3 Å². The van der Waals surface area contributed by atoms with E-state index in [9.17, 15) is 5.11 Å². The number of unbranched alkanes of at least 4 members (excludes halogenated alkanes) is 1. The molecule has 4 rings (SSSR count). The van der Waals surface area contributed by atoms with Gasteiger partial charge in [-0.1, -0.05) is 49.7 Å². The highest BCUT2D eigenvalue weighted by Gasteiger charge is 2.33. The Labute approximate surface area is 208 Å². The average molecular weight is 480 g/mol. The second-order valence-electron chi connectivity index (χ2n) is 9.15. The van der Waals surface area contributed by atoms with Crippen LogP contribution in [0, 0.1) is 0 Å². The van der Waals surface area contributed by atoms with Gasteiger partial charge in [-0.2, -0.15) is 5.10 Å². The van der Waals surface area contributed by atoms with Gasteiger partial charge >= 0.3 is 0 Å².